The lowest BCUT2D eigenvalue weighted by atomic mass is 9.93. The highest BCUT2D eigenvalue weighted by Gasteiger charge is 2.24. The van der Waals surface area contributed by atoms with Gasteiger partial charge in [-0.25, -0.2) is 15.0 Å². The number of benzene rings is 4. The second-order valence-electron chi connectivity index (χ2n) is 15.2. The summed E-state index contributed by atoms with van der Waals surface area (Å²) in [5.74, 6) is 1.95. The molecule has 9 aromatic rings. The molecule has 0 N–H and O–H groups in total. The molecule has 0 fully saturated rings. The molecule has 0 amide bonds. The minimum absolute atomic E-state index is 0.256. The molecule has 6 nitrogen and oxygen atoms in total. The summed E-state index contributed by atoms with van der Waals surface area (Å²) in [5.41, 5.74) is 12.4. The van der Waals surface area contributed by atoms with Crippen LogP contribution in [0.25, 0.3) is 72.1 Å². The van der Waals surface area contributed by atoms with Gasteiger partial charge in [0.05, 0.1) is 11.0 Å². The fourth-order valence-electron chi connectivity index (χ4n) is 9.01. The Morgan fingerprint density at radius 2 is 1.40 bits per heavy atom. The Hall–Kier alpha value is -7.31. The van der Waals surface area contributed by atoms with Crippen LogP contribution in [0.1, 0.15) is 36.8 Å². The molecule has 1 unspecified atom stereocenters. The van der Waals surface area contributed by atoms with Gasteiger partial charge in [0.15, 0.2) is 0 Å². The standard InChI is InChI=1S/C52H40N6/c1-35-16-5-4-12-31-56(45-24-11-10-21-41(35)45)47-25-13-26-48(55-47)58-50-42(43-22-14-29-53-51(43)58)27-28-46-49(50)44-23-15-30-54-52(44)57(46)40-33-38(36-17-6-2-7-18-36)32-39(34-40)37-19-8-3-9-20-37/h2-8,10-19,21-30,32-35H,9,20,31H2,1H3/b12-4-,16-5-. The fraction of sp³-hybridized carbons (Fsp3) is 0.0962. The largest absolute Gasteiger partial charge is 0.322 e. The lowest BCUT2D eigenvalue weighted by molar-refractivity contribution is 0.939. The predicted molar refractivity (Wildman–Crippen MR) is 240 cm³/mol. The smallest absolute Gasteiger partial charge is 0.146 e. The molecule has 278 valence electrons. The summed E-state index contributed by atoms with van der Waals surface area (Å²) in [4.78, 5) is 18.0. The van der Waals surface area contributed by atoms with Gasteiger partial charge in [-0.3, -0.25) is 9.13 Å². The van der Waals surface area contributed by atoms with Gasteiger partial charge < -0.3 is 4.90 Å². The molecule has 0 saturated heterocycles. The molecule has 11 rings (SSSR count). The van der Waals surface area contributed by atoms with Crippen molar-refractivity contribution in [1.29, 1.82) is 0 Å². The van der Waals surface area contributed by atoms with Crippen LogP contribution in [-0.4, -0.2) is 30.6 Å². The number of para-hydroxylation sites is 1. The summed E-state index contributed by atoms with van der Waals surface area (Å²) < 4.78 is 4.61. The van der Waals surface area contributed by atoms with E-state index in [-0.39, 0.29) is 5.92 Å². The van der Waals surface area contributed by atoms with Crippen LogP contribution in [0.3, 0.4) is 0 Å². The van der Waals surface area contributed by atoms with E-state index in [0.29, 0.717) is 6.54 Å². The molecule has 0 saturated carbocycles. The summed E-state index contributed by atoms with van der Waals surface area (Å²) in [7, 11) is 0. The van der Waals surface area contributed by atoms with Gasteiger partial charge in [0, 0.05) is 57.8 Å². The van der Waals surface area contributed by atoms with E-state index in [9.17, 15) is 0 Å². The molecule has 0 radical (unpaired) electrons. The lowest BCUT2D eigenvalue weighted by Gasteiger charge is -2.26. The normalized spacial score (nSPS) is 16.6. The van der Waals surface area contributed by atoms with Crippen LogP contribution >= 0.6 is 0 Å². The van der Waals surface area contributed by atoms with Gasteiger partial charge in [-0.15, -0.1) is 0 Å². The van der Waals surface area contributed by atoms with Crippen LogP contribution in [-0.2, 0) is 0 Å². The number of rotatable bonds is 5. The van der Waals surface area contributed by atoms with Crippen molar-refractivity contribution < 1.29 is 0 Å². The monoisotopic (exact) mass is 748 g/mol. The highest BCUT2D eigenvalue weighted by Crippen LogP contribution is 2.42. The zero-order valence-corrected chi connectivity index (χ0v) is 32.2. The molecule has 6 heterocycles. The second kappa shape index (κ2) is 14.0. The number of fused-ring (bicyclic) bond motifs is 8. The van der Waals surface area contributed by atoms with E-state index in [1.165, 1.54) is 27.8 Å². The topological polar surface area (TPSA) is 51.8 Å². The average molecular weight is 749 g/mol. The highest BCUT2D eigenvalue weighted by molar-refractivity contribution is 6.25. The summed E-state index contributed by atoms with van der Waals surface area (Å²) in [6, 6.07) is 45.7. The number of allylic oxidation sites excluding steroid dienone is 7. The molecule has 0 spiro atoms. The molecule has 0 bridgehead atoms. The van der Waals surface area contributed by atoms with Crippen LogP contribution in [0.4, 0.5) is 11.5 Å². The number of anilines is 2. The van der Waals surface area contributed by atoms with Crippen LogP contribution in [0.5, 0.6) is 0 Å². The molecule has 2 aliphatic rings. The fourth-order valence-corrected chi connectivity index (χ4v) is 9.01. The Labute approximate surface area is 337 Å². The first kappa shape index (κ1) is 34.0. The third-order valence-corrected chi connectivity index (χ3v) is 11.7. The van der Waals surface area contributed by atoms with Gasteiger partial charge in [-0.1, -0.05) is 104 Å². The van der Waals surface area contributed by atoms with E-state index in [1.54, 1.807) is 0 Å². The van der Waals surface area contributed by atoms with Crippen molar-refractivity contribution >= 4 is 61.0 Å². The van der Waals surface area contributed by atoms with E-state index >= 15 is 0 Å². The molecular formula is C52H40N6. The summed E-state index contributed by atoms with van der Waals surface area (Å²) >= 11 is 0. The van der Waals surface area contributed by atoms with Crippen LogP contribution in [0.2, 0.25) is 0 Å². The third-order valence-electron chi connectivity index (χ3n) is 11.7. The minimum atomic E-state index is 0.256. The van der Waals surface area contributed by atoms with Crippen molar-refractivity contribution in [3.8, 4) is 22.6 Å². The first-order valence-corrected chi connectivity index (χ1v) is 20.1. The number of aromatic nitrogens is 5. The van der Waals surface area contributed by atoms with E-state index in [1.807, 2.05) is 24.5 Å². The molecule has 58 heavy (non-hydrogen) atoms. The van der Waals surface area contributed by atoms with Gasteiger partial charge >= 0.3 is 0 Å². The van der Waals surface area contributed by atoms with Crippen molar-refractivity contribution in [2.45, 2.75) is 25.7 Å². The number of nitrogens with zero attached hydrogens (tertiary/aromatic N) is 6. The van der Waals surface area contributed by atoms with E-state index in [0.717, 1.165) is 79.7 Å². The van der Waals surface area contributed by atoms with Crippen LogP contribution in [0, 0.1) is 0 Å². The Morgan fingerprint density at radius 3 is 2.26 bits per heavy atom. The molecule has 5 aromatic heterocycles. The van der Waals surface area contributed by atoms with Gasteiger partial charge in [0.25, 0.3) is 0 Å². The predicted octanol–water partition coefficient (Wildman–Crippen LogP) is 12.8. The van der Waals surface area contributed by atoms with Crippen LogP contribution in [0.15, 0.2) is 182 Å². The summed E-state index contributed by atoms with van der Waals surface area (Å²) in [6.45, 7) is 2.94. The summed E-state index contributed by atoms with van der Waals surface area (Å²) in [6.07, 6.45) is 21.3. The minimum Gasteiger partial charge on any atom is -0.322 e. The Morgan fingerprint density at radius 1 is 0.603 bits per heavy atom. The maximum atomic E-state index is 5.49. The van der Waals surface area contributed by atoms with Crippen molar-refractivity contribution in [2.75, 3.05) is 11.4 Å². The number of hydrogen-bond acceptors (Lipinski definition) is 4. The Balaban J connectivity index is 1.18. The van der Waals surface area contributed by atoms with Crippen molar-refractivity contribution in [3.05, 3.63) is 193 Å². The number of hydrogen-bond donors (Lipinski definition) is 0. The first-order valence-electron chi connectivity index (χ1n) is 20.1. The van der Waals surface area contributed by atoms with Gasteiger partial charge in [0.1, 0.15) is 22.9 Å². The maximum Gasteiger partial charge on any atom is 0.146 e. The van der Waals surface area contributed by atoms with E-state index in [2.05, 4.69) is 179 Å². The zero-order valence-electron chi connectivity index (χ0n) is 32.2. The molecule has 6 heteroatoms. The molecule has 1 aliphatic carbocycles. The lowest BCUT2D eigenvalue weighted by Crippen LogP contribution is -2.20. The Bertz CT molecular complexity index is 3180. The first-order chi connectivity index (χ1) is 28.7. The SMILES string of the molecule is CC1/C=C\C=C/CN(c2cccc(-n3c4ncccc4c4ccc5c(c6cccnc6n5-c5cc(C6=CC=CCC6)cc(-c6ccccc6)c5)c43)n2)c2ccccc21. The number of pyridine rings is 3. The van der Waals surface area contributed by atoms with Crippen molar-refractivity contribution in [3.63, 3.8) is 0 Å². The maximum absolute atomic E-state index is 5.49. The Kier molecular flexibility index (Phi) is 8.21. The summed E-state index contributed by atoms with van der Waals surface area (Å²) in [5, 5.41) is 4.40. The van der Waals surface area contributed by atoms with Gasteiger partial charge in [-0.05, 0) is 113 Å². The van der Waals surface area contributed by atoms with Gasteiger partial charge in [-0.2, -0.15) is 0 Å². The molecule has 4 aromatic carbocycles. The quantitative estimate of drug-likeness (QED) is 0.176. The molecule has 1 atom stereocenters. The van der Waals surface area contributed by atoms with Crippen molar-refractivity contribution in [1.82, 2.24) is 24.1 Å². The van der Waals surface area contributed by atoms with Crippen molar-refractivity contribution in [2.24, 2.45) is 0 Å². The van der Waals surface area contributed by atoms with Gasteiger partial charge in [0.2, 0.25) is 0 Å². The second-order valence-corrected chi connectivity index (χ2v) is 15.2. The van der Waals surface area contributed by atoms with E-state index in [4.69, 9.17) is 15.0 Å². The van der Waals surface area contributed by atoms with Crippen LogP contribution < -0.4 is 4.90 Å². The highest BCUT2D eigenvalue weighted by atomic mass is 15.2. The molecule has 1 aliphatic heterocycles. The molecular weight excluding hydrogens is 709 g/mol. The third kappa shape index (κ3) is 5.59. The average Bonchev–Trinajstić information content (AvgIpc) is 3.83. The zero-order chi connectivity index (χ0) is 38.6. The van der Waals surface area contributed by atoms with E-state index < -0.39 is 0 Å².